The molecule has 0 saturated heterocycles. The van der Waals surface area contributed by atoms with Crippen LogP contribution in [0.5, 0.6) is 17.2 Å². The topological polar surface area (TPSA) is 68.8 Å². The van der Waals surface area contributed by atoms with Gasteiger partial charge in [0.2, 0.25) is 5.75 Å². The molecule has 2 aromatic rings. The SMILES string of the molecule is CCOc1cc(NC(=O)Nc2ccc(Cl)cc2C)cc(OCC)c1OCC. The highest BCUT2D eigenvalue weighted by molar-refractivity contribution is 6.30. The molecule has 0 spiro atoms. The summed E-state index contributed by atoms with van der Waals surface area (Å²) in [4.78, 5) is 12.4. The summed E-state index contributed by atoms with van der Waals surface area (Å²) in [5.41, 5.74) is 2.08. The summed E-state index contributed by atoms with van der Waals surface area (Å²) in [6.45, 7) is 8.93. The van der Waals surface area contributed by atoms with E-state index in [1.807, 2.05) is 27.7 Å². The van der Waals surface area contributed by atoms with Gasteiger partial charge in [0.25, 0.3) is 0 Å². The van der Waals surface area contributed by atoms with Gasteiger partial charge in [-0.2, -0.15) is 0 Å². The fourth-order valence-electron chi connectivity index (χ4n) is 2.51. The first-order valence-electron chi connectivity index (χ1n) is 8.89. The standard InChI is InChI=1S/C20H25ClN2O4/c1-5-25-17-11-15(12-18(26-6-2)19(17)27-7-3)22-20(24)23-16-9-8-14(21)10-13(16)4/h8-12H,5-7H2,1-4H3,(H2,22,23,24). The zero-order valence-electron chi connectivity index (χ0n) is 16.0. The maximum absolute atomic E-state index is 12.4. The predicted molar refractivity (Wildman–Crippen MR) is 109 cm³/mol. The van der Waals surface area contributed by atoms with E-state index in [1.165, 1.54) is 0 Å². The van der Waals surface area contributed by atoms with Crippen molar-refractivity contribution in [2.24, 2.45) is 0 Å². The van der Waals surface area contributed by atoms with E-state index >= 15 is 0 Å². The third-order valence-electron chi connectivity index (χ3n) is 3.60. The van der Waals surface area contributed by atoms with Gasteiger partial charge in [-0.25, -0.2) is 4.79 Å². The zero-order chi connectivity index (χ0) is 19.8. The van der Waals surface area contributed by atoms with Crippen molar-refractivity contribution < 1.29 is 19.0 Å². The molecule has 0 fully saturated rings. The number of hydrogen-bond donors (Lipinski definition) is 2. The average Bonchev–Trinajstić information content (AvgIpc) is 2.61. The lowest BCUT2D eigenvalue weighted by molar-refractivity contribution is 0.260. The molecule has 7 heteroatoms. The van der Waals surface area contributed by atoms with Gasteiger partial charge in [-0.1, -0.05) is 11.6 Å². The minimum Gasteiger partial charge on any atom is -0.490 e. The van der Waals surface area contributed by atoms with Crippen LogP contribution < -0.4 is 24.8 Å². The van der Waals surface area contributed by atoms with Crippen molar-refractivity contribution in [1.82, 2.24) is 0 Å². The van der Waals surface area contributed by atoms with Crippen molar-refractivity contribution in [3.05, 3.63) is 40.9 Å². The molecule has 146 valence electrons. The number of carbonyl (C=O) groups excluding carboxylic acids is 1. The molecule has 27 heavy (non-hydrogen) atoms. The third kappa shape index (κ3) is 5.69. The highest BCUT2D eigenvalue weighted by Crippen LogP contribution is 2.40. The summed E-state index contributed by atoms with van der Waals surface area (Å²) < 4.78 is 17.0. The summed E-state index contributed by atoms with van der Waals surface area (Å²) in [5, 5.41) is 6.23. The van der Waals surface area contributed by atoms with Crippen LogP contribution in [-0.2, 0) is 0 Å². The molecule has 0 aliphatic carbocycles. The van der Waals surface area contributed by atoms with E-state index in [-0.39, 0.29) is 6.03 Å². The van der Waals surface area contributed by atoms with Gasteiger partial charge >= 0.3 is 6.03 Å². The maximum atomic E-state index is 12.4. The zero-order valence-corrected chi connectivity index (χ0v) is 16.8. The van der Waals surface area contributed by atoms with E-state index in [0.717, 1.165) is 5.56 Å². The van der Waals surface area contributed by atoms with Crippen molar-refractivity contribution in [2.75, 3.05) is 30.5 Å². The first kappa shape index (κ1) is 20.7. The fourth-order valence-corrected chi connectivity index (χ4v) is 2.74. The van der Waals surface area contributed by atoms with Crippen LogP contribution in [0.4, 0.5) is 16.2 Å². The summed E-state index contributed by atoms with van der Waals surface area (Å²) >= 11 is 5.95. The lowest BCUT2D eigenvalue weighted by Crippen LogP contribution is -2.20. The molecule has 0 atom stereocenters. The van der Waals surface area contributed by atoms with Crippen molar-refractivity contribution in [1.29, 1.82) is 0 Å². The molecule has 6 nitrogen and oxygen atoms in total. The number of halogens is 1. The highest BCUT2D eigenvalue weighted by Gasteiger charge is 2.16. The molecule has 0 saturated carbocycles. The Labute approximate surface area is 164 Å². The molecule has 0 aliphatic rings. The summed E-state index contributed by atoms with van der Waals surface area (Å²) in [5.74, 6) is 1.56. The average molecular weight is 393 g/mol. The molecule has 0 bridgehead atoms. The van der Waals surface area contributed by atoms with E-state index in [1.54, 1.807) is 30.3 Å². The lowest BCUT2D eigenvalue weighted by Gasteiger charge is -2.17. The van der Waals surface area contributed by atoms with E-state index < -0.39 is 0 Å². The number of benzene rings is 2. The Morgan fingerprint density at radius 1 is 0.926 bits per heavy atom. The Morgan fingerprint density at radius 2 is 1.52 bits per heavy atom. The Kier molecular flexibility index (Phi) is 7.61. The van der Waals surface area contributed by atoms with E-state index in [2.05, 4.69) is 10.6 Å². The molecule has 2 N–H and O–H groups in total. The molecular formula is C20H25ClN2O4. The number of hydrogen-bond acceptors (Lipinski definition) is 4. The Bertz CT molecular complexity index is 769. The summed E-state index contributed by atoms with van der Waals surface area (Å²) in [6, 6.07) is 8.31. The molecule has 0 aliphatic heterocycles. The van der Waals surface area contributed by atoms with Crippen LogP contribution in [0.2, 0.25) is 5.02 Å². The Hall–Kier alpha value is -2.60. The molecule has 0 unspecified atom stereocenters. The van der Waals surface area contributed by atoms with Crippen LogP contribution in [0.1, 0.15) is 26.3 Å². The van der Waals surface area contributed by atoms with Crippen LogP contribution in [0.25, 0.3) is 0 Å². The summed E-state index contributed by atoms with van der Waals surface area (Å²) in [7, 11) is 0. The van der Waals surface area contributed by atoms with Crippen LogP contribution in [0.15, 0.2) is 30.3 Å². The van der Waals surface area contributed by atoms with Crippen LogP contribution in [0.3, 0.4) is 0 Å². The largest absolute Gasteiger partial charge is 0.490 e. The molecule has 2 aromatic carbocycles. The van der Waals surface area contributed by atoms with Gasteiger partial charge in [0.05, 0.1) is 25.5 Å². The predicted octanol–water partition coefficient (Wildman–Crippen LogP) is 5.49. The van der Waals surface area contributed by atoms with Gasteiger partial charge in [-0.05, 0) is 51.5 Å². The minimum absolute atomic E-state index is 0.380. The first-order chi connectivity index (χ1) is 13.0. The molecular weight excluding hydrogens is 368 g/mol. The fraction of sp³-hybridized carbons (Fsp3) is 0.350. The normalized spacial score (nSPS) is 10.3. The van der Waals surface area contributed by atoms with Gasteiger partial charge in [0.15, 0.2) is 11.5 Å². The van der Waals surface area contributed by atoms with Crippen LogP contribution in [-0.4, -0.2) is 25.9 Å². The second kappa shape index (κ2) is 9.92. The van der Waals surface area contributed by atoms with Crippen molar-refractivity contribution in [3.8, 4) is 17.2 Å². The number of urea groups is 1. The number of aryl methyl sites for hydroxylation is 1. The van der Waals surface area contributed by atoms with Gasteiger partial charge in [-0.3, -0.25) is 0 Å². The smallest absolute Gasteiger partial charge is 0.323 e. The number of rotatable bonds is 8. The molecule has 0 heterocycles. The number of amides is 2. The third-order valence-corrected chi connectivity index (χ3v) is 3.84. The van der Waals surface area contributed by atoms with Gasteiger partial charge in [-0.15, -0.1) is 0 Å². The van der Waals surface area contributed by atoms with E-state index in [9.17, 15) is 4.79 Å². The van der Waals surface area contributed by atoms with Gasteiger partial charge < -0.3 is 24.8 Å². The lowest BCUT2D eigenvalue weighted by atomic mass is 10.2. The quantitative estimate of drug-likeness (QED) is 0.623. The first-order valence-corrected chi connectivity index (χ1v) is 9.26. The monoisotopic (exact) mass is 392 g/mol. The number of carbonyl (C=O) groups is 1. The Balaban J connectivity index is 2.24. The van der Waals surface area contributed by atoms with Crippen molar-refractivity contribution in [3.63, 3.8) is 0 Å². The number of ether oxygens (including phenoxy) is 3. The second-order valence-corrected chi connectivity index (χ2v) is 6.08. The van der Waals surface area contributed by atoms with Gasteiger partial charge in [0, 0.05) is 22.8 Å². The molecule has 0 radical (unpaired) electrons. The van der Waals surface area contributed by atoms with Crippen LogP contribution >= 0.6 is 11.6 Å². The van der Waals surface area contributed by atoms with Crippen LogP contribution in [0, 0.1) is 6.92 Å². The summed E-state index contributed by atoms with van der Waals surface area (Å²) in [6.07, 6.45) is 0. The highest BCUT2D eigenvalue weighted by atomic mass is 35.5. The minimum atomic E-state index is -0.380. The van der Waals surface area contributed by atoms with Gasteiger partial charge in [0.1, 0.15) is 0 Å². The molecule has 2 amide bonds. The number of nitrogens with one attached hydrogen (secondary N) is 2. The number of anilines is 2. The second-order valence-electron chi connectivity index (χ2n) is 5.64. The maximum Gasteiger partial charge on any atom is 0.323 e. The Morgan fingerprint density at radius 3 is 2.04 bits per heavy atom. The van der Waals surface area contributed by atoms with Crippen molar-refractivity contribution in [2.45, 2.75) is 27.7 Å². The molecule has 0 aromatic heterocycles. The van der Waals surface area contributed by atoms with E-state index in [4.69, 9.17) is 25.8 Å². The van der Waals surface area contributed by atoms with Crippen molar-refractivity contribution >= 4 is 29.0 Å². The molecule has 2 rings (SSSR count). The van der Waals surface area contributed by atoms with E-state index in [0.29, 0.717) is 53.5 Å².